The molecule has 15 heavy (non-hydrogen) atoms. The molecule has 0 spiro atoms. The summed E-state index contributed by atoms with van der Waals surface area (Å²) in [7, 11) is 0. The van der Waals surface area contributed by atoms with E-state index < -0.39 is 5.60 Å². The van der Waals surface area contributed by atoms with Crippen molar-refractivity contribution >= 4 is 5.78 Å². The van der Waals surface area contributed by atoms with Crippen LogP contribution < -0.4 is 5.73 Å². The zero-order valence-electron chi connectivity index (χ0n) is 9.16. The largest absolute Gasteiger partial charge is 0.386 e. The van der Waals surface area contributed by atoms with Gasteiger partial charge in [0.15, 0.2) is 5.78 Å². The van der Waals surface area contributed by atoms with Crippen LogP contribution in [0.15, 0.2) is 24.3 Å². The van der Waals surface area contributed by atoms with Crippen molar-refractivity contribution in [2.45, 2.75) is 25.9 Å². The fourth-order valence-corrected chi connectivity index (χ4v) is 1.53. The van der Waals surface area contributed by atoms with E-state index in [9.17, 15) is 9.90 Å². The predicted molar refractivity (Wildman–Crippen MR) is 59.7 cm³/mol. The van der Waals surface area contributed by atoms with Crippen LogP contribution in [0.4, 0.5) is 0 Å². The highest BCUT2D eigenvalue weighted by Crippen LogP contribution is 2.24. The second-order valence-electron chi connectivity index (χ2n) is 4.07. The smallest absolute Gasteiger partial charge is 0.164 e. The van der Waals surface area contributed by atoms with E-state index in [0.717, 1.165) is 0 Å². The molecule has 1 rings (SSSR count). The van der Waals surface area contributed by atoms with Gasteiger partial charge in [0.25, 0.3) is 0 Å². The Morgan fingerprint density at radius 2 is 2.00 bits per heavy atom. The second-order valence-corrected chi connectivity index (χ2v) is 4.07. The highest BCUT2D eigenvalue weighted by Gasteiger charge is 2.22. The molecule has 0 aliphatic heterocycles. The van der Waals surface area contributed by atoms with Crippen LogP contribution in [0.3, 0.4) is 0 Å². The lowest BCUT2D eigenvalue weighted by Gasteiger charge is -2.20. The van der Waals surface area contributed by atoms with Gasteiger partial charge >= 0.3 is 0 Å². The Hall–Kier alpha value is -1.19. The average molecular weight is 207 g/mol. The van der Waals surface area contributed by atoms with Crippen molar-refractivity contribution in [3.63, 3.8) is 0 Å². The summed E-state index contributed by atoms with van der Waals surface area (Å²) in [6.45, 7) is 3.67. The molecule has 0 bridgehead atoms. The first-order valence-electron chi connectivity index (χ1n) is 5.02. The third-order valence-electron chi connectivity index (χ3n) is 2.26. The first-order valence-corrected chi connectivity index (χ1v) is 5.02. The molecule has 0 unspecified atom stereocenters. The fraction of sp³-hybridized carbons (Fsp3) is 0.417. The molecular weight excluding hydrogens is 190 g/mol. The quantitative estimate of drug-likeness (QED) is 0.734. The minimum atomic E-state index is -0.999. The Kier molecular flexibility index (Phi) is 3.61. The van der Waals surface area contributed by atoms with Crippen LogP contribution in [0.25, 0.3) is 0 Å². The summed E-state index contributed by atoms with van der Waals surface area (Å²) in [4.78, 5) is 11.7. The third kappa shape index (κ3) is 2.88. The van der Waals surface area contributed by atoms with Gasteiger partial charge in [0.1, 0.15) is 0 Å². The van der Waals surface area contributed by atoms with E-state index in [1.54, 1.807) is 32.0 Å². The number of nitrogens with two attached hydrogens (primary N) is 1. The SMILES string of the molecule is CC(C)(O)c1ccccc1C(=O)CCN. The van der Waals surface area contributed by atoms with E-state index in [1.807, 2.05) is 6.07 Å². The van der Waals surface area contributed by atoms with Gasteiger partial charge in [-0.2, -0.15) is 0 Å². The number of hydrogen-bond donors (Lipinski definition) is 2. The minimum absolute atomic E-state index is 0.0183. The molecule has 1 aromatic carbocycles. The maximum absolute atomic E-state index is 11.7. The zero-order chi connectivity index (χ0) is 11.5. The van der Waals surface area contributed by atoms with E-state index in [4.69, 9.17) is 5.73 Å². The van der Waals surface area contributed by atoms with Crippen LogP contribution in [0, 0.1) is 0 Å². The van der Waals surface area contributed by atoms with Gasteiger partial charge in [0, 0.05) is 12.0 Å². The van der Waals surface area contributed by atoms with E-state index in [-0.39, 0.29) is 5.78 Å². The number of carbonyl (C=O) groups excluding carboxylic acids is 1. The summed E-state index contributed by atoms with van der Waals surface area (Å²) in [6.07, 6.45) is 0.313. The predicted octanol–water partition coefficient (Wildman–Crippen LogP) is 1.45. The summed E-state index contributed by atoms with van der Waals surface area (Å²) in [5, 5.41) is 9.90. The highest BCUT2D eigenvalue weighted by atomic mass is 16.3. The Labute approximate surface area is 89.9 Å². The molecule has 3 heteroatoms. The normalized spacial score (nSPS) is 11.5. The topological polar surface area (TPSA) is 63.3 Å². The second kappa shape index (κ2) is 4.55. The number of rotatable bonds is 4. The van der Waals surface area contributed by atoms with E-state index in [2.05, 4.69) is 0 Å². The van der Waals surface area contributed by atoms with Gasteiger partial charge in [-0.1, -0.05) is 24.3 Å². The van der Waals surface area contributed by atoms with Gasteiger partial charge in [-0.05, 0) is 26.0 Å². The van der Waals surface area contributed by atoms with E-state index >= 15 is 0 Å². The maximum Gasteiger partial charge on any atom is 0.164 e. The standard InChI is InChI=1S/C12H17NO2/c1-12(2,15)10-6-4-3-5-9(10)11(14)7-8-13/h3-6,15H,7-8,13H2,1-2H3. The van der Waals surface area contributed by atoms with E-state index in [0.29, 0.717) is 24.1 Å². The van der Waals surface area contributed by atoms with Crippen molar-refractivity contribution in [1.29, 1.82) is 0 Å². The summed E-state index contributed by atoms with van der Waals surface area (Å²) in [5.41, 5.74) is 5.56. The van der Waals surface area contributed by atoms with Crippen LogP contribution in [0.5, 0.6) is 0 Å². The molecule has 0 fully saturated rings. The lowest BCUT2D eigenvalue weighted by atomic mass is 9.90. The molecule has 0 aromatic heterocycles. The van der Waals surface area contributed by atoms with Crippen LogP contribution in [0.2, 0.25) is 0 Å². The van der Waals surface area contributed by atoms with Gasteiger partial charge in [-0.3, -0.25) is 4.79 Å². The summed E-state index contributed by atoms with van der Waals surface area (Å²) in [5.74, 6) is -0.0183. The van der Waals surface area contributed by atoms with Gasteiger partial charge in [0.05, 0.1) is 5.60 Å². The van der Waals surface area contributed by atoms with Gasteiger partial charge in [0.2, 0.25) is 0 Å². The Bertz CT molecular complexity index is 353. The lowest BCUT2D eigenvalue weighted by Crippen LogP contribution is -2.21. The average Bonchev–Trinajstić information content (AvgIpc) is 2.17. The number of benzene rings is 1. The number of Topliss-reactive ketones (excluding diaryl/α,β-unsaturated/α-hetero) is 1. The molecule has 0 aliphatic rings. The summed E-state index contributed by atoms with van der Waals surface area (Å²) in [6, 6.07) is 7.10. The first-order chi connectivity index (χ1) is 6.96. The number of aliphatic hydroxyl groups is 1. The van der Waals surface area contributed by atoms with Crippen molar-refractivity contribution < 1.29 is 9.90 Å². The Morgan fingerprint density at radius 1 is 1.40 bits per heavy atom. The van der Waals surface area contributed by atoms with Crippen LogP contribution >= 0.6 is 0 Å². The van der Waals surface area contributed by atoms with Gasteiger partial charge < -0.3 is 10.8 Å². The molecule has 0 amide bonds. The number of hydrogen-bond acceptors (Lipinski definition) is 3. The Balaban J connectivity index is 3.12. The maximum atomic E-state index is 11.7. The highest BCUT2D eigenvalue weighted by molar-refractivity contribution is 5.97. The number of carbonyl (C=O) groups is 1. The molecule has 82 valence electrons. The van der Waals surface area contributed by atoms with Crippen LogP contribution in [0.1, 0.15) is 36.2 Å². The molecule has 0 saturated carbocycles. The first kappa shape index (κ1) is 11.9. The molecule has 0 atom stereocenters. The Morgan fingerprint density at radius 3 is 2.53 bits per heavy atom. The zero-order valence-corrected chi connectivity index (χ0v) is 9.16. The molecule has 1 aromatic rings. The van der Waals surface area contributed by atoms with Crippen LogP contribution in [-0.2, 0) is 5.60 Å². The van der Waals surface area contributed by atoms with Gasteiger partial charge in [-0.15, -0.1) is 0 Å². The van der Waals surface area contributed by atoms with Crippen molar-refractivity contribution in [1.82, 2.24) is 0 Å². The van der Waals surface area contributed by atoms with E-state index in [1.165, 1.54) is 0 Å². The van der Waals surface area contributed by atoms with Crippen molar-refractivity contribution in [3.05, 3.63) is 35.4 Å². The monoisotopic (exact) mass is 207 g/mol. The van der Waals surface area contributed by atoms with Crippen molar-refractivity contribution in [3.8, 4) is 0 Å². The van der Waals surface area contributed by atoms with Gasteiger partial charge in [-0.25, -0.2) is 0 Å². The summed E-state index contributed by atoms with van der Waals surface area (Å²) >= 11 is 0. The molecule has 0 aliphatic carbocycles. The van der Waals surface area contributed by atoms with Crippen molar-refractivity contribution in [2.24, 2.45) is 5.73 Å². The molecule has 0 saturated heterocycles. The minimum Gasteiger partial charge on any atom is -0.386 e. The molecule has 0 radical (unpaired) electrons. The number of ketones is 1. The summed E-state index contributed by atoms with van der Waals surface area (Å²) < 4.78 is 0. The fourth-order valence-electron chi connectivity index (χ4n) is 1.53. The molecule has 3 N–H and O–H groups in total. The molecular formula is C12H17NO2. The third-order valence-corrected chi connectivity index (χ3v) is 2.26. The van der Waals surface area contributed by atoms with Crippen LogP contribution in [-0.4, -0.2) is 17.4 Å². The molecule has 3 nitrogen and oxygen atoms in total. The van der Waals surface area contributed by atoms with Crippen molar-refractivity contribution in [2.75, 3.05) is 6.54 Å². The molecule has 0 heterocycles. The lowest BCUT2D eigenvalue weighted by molar-refractivity contribution is 0.0753.